The Balaban J connectivity index is 1.50. The van der Waals surface area contributed by atoms with Crippen LogP contribution in [0.25, 0.3) is 5.69 Å². The summed E-state index contributed by atoms with van der Waals surface area (Å²) in [4.78, 5) is 19.1. The van der Waals surface area contributed by atoms with Crippen LogP contribution in [-0.4, -0.2) is 42.7 Å². The van der Waals surface area contributed by atoms with Gasteiger partial charge in [-0.05, 0) is 57.0 Å². The second-order valence-electron chi connectivity index (χ2n) is 6.92. The number of carbonyl (C=O) groups excluding carboxylic acids is 1. The number of carbonyl (C=O) groups is 1. The molecule has 6 nitrogen and oxygen atoms in total. The first-order valence-electron chi connectivity index (χ1n) is 9.02. The molecule has 0 N–H and O–H groups in total. The van der Waals surface area contributed by atoms with Crippen LogP contribution in [0.4, 0.5) is 0 Å². The first-order valence-corrected chi connectivity index (χ1v) is 9.02. The molecule has 134 valence electrons. The van der Waals surface area contributed by atoms with Crippen LogP contribution in [-0.2, 0) is 6.54 Å². The van der Waals surface area contributed by atoms with E-state index < -0.39 is 0 Å². The van der Waals surface area contributed by atoms with Crippen molar-refractivity contribution in [1.29, 1.82) is 0 Å². The third-order valence-corrected chi connectivity index (χ3v) is 5.04. The van der Waals surface area contributed by atoms with E-state index in [2.05, 4.69) is 23.1 Å². The van der Waals surface area contributed by atoms with Gasteiger partial charge in [0.2, 0.25) is 0 Å². The molecule has 6 heteroatoms. The molecular weight excluding hydrogens is 326 g/mol. The van der Waals surface area contributed by atoms with Gasteiger partial charge in [0.05, 0.1) is 24.6 Å². The molecule has 0 spiro atoms. The fourth-order valence-electron chi connectivity index (χ4n) is 3.71. The van der Waals surface area contributed by atoms with Gasteiger partial charge in [-0.15, -0.1) is 0 Å². The van der Waals surface area contributed by atoms with E-state index >= 15 is 0 Å². The number of amides is 1. The van der Waals surface area contributed by atoms with Gasteiger partial charge in [-0.1, -0.05) is 0 Å². The molecule has 0 radical (unpaired) electrons. The van der Waals surface area contributed by atoms with E-state index in [1.165, 1.54) is 0 Å². The van der Waals surface area contributed by atoms with Crippen molar-refractivity contribution in [3.63, 3.8) is 0 Å². The number of rotatable bonds is 4. The summed E-state index contributed by atoms with van der Waals surface area (Å²) in [5.41, 5.74) is 3.90. The van der Waals surface area contributed by atoms with E-state index in [-0.39, 0.29) is 11.9 Å². The average Bonchev–Trinajstić information content (AvgIpc) is 3.37. The fourth-order valence-corrected chi connectivity index (χ4v) is 3.71. The van der Waals surface area contributed by atoms with Gasteiger partial charge >= 0.3 is 0 Å². The van der Waals surface area contributed by atoms with Crippen molar-refractivity contribution in [2.24, 2.45) is 0 Å². The summed E-state index contributed by atoms with van der Waals surface area (Å²) in [6.07, 6.45) is 7.45. The second-order valence-corrected chi connectivity index (χ2v) is 6.92. The second kappa shape index (κ2) is 6.78. The van der Waals surface area contributed by atoms with E-state index in [1.54, 1.807) is 12.5 Å². The minimum Gasteiger partial charge on any atom is -0.334 e. The van der Waals surface area contributed by atoms with Crippen molar-refractivity contribution in [2.75, 3.05) is 6.54 Å². The zero-order chi connectivity index (χ0) is 18.1. The minimum absolute atomic E-state index is 0.103. The van der Waals surface area contributed by atoms with Gasteiger partial charge in [0, 0.05) is 35.9 Å². The largest absolute Gasteiger partial charge is 0.334 e. The number of aromatic nitrogens is 4. The molecule has 1 aromatic carbocycles. The van der Waals surface area contributed by atoms with Crippen molar-refractivity contribution < 1.29 is 4.79 Å². The smallest absolute Gasteiger partial charge is 0.254 e. The van der Waals surface area contributed by atoms with Crippen molar-refractivity contribution in [2.45, 2.75) is 39.3 Å². The molecule has 0 aliphatic carbocycles. The first-order chi connectivity index (χ1) is 12.6. The lowest BCUT2D eigenvalue weighted by atomic mass is 10.1. The number of hydrogen-bond acceptors (Lipinski definition) is 3. The number of benzene rings is 1. The fraction of sp³-hybridized carbons (Fsp3) is 0.350. The molecule has 3 aromatic rings. The van der Waals surface area contributed by atoms with Crippen molar-refractivity contribution in [1.82, 2.24) is 24.2 Å². The van der Waals surface area contributed by atoms with E-state index in [9.17, 15) is 4.79 Å². The van der Waals surface area contributed by atoms with Crippen molar-refractivity contribution in [3.05, 3.63) is 66.0 Å². The lowest BCUT2D eigenvalue weighted by Gasteiger charge is -2.25. The molecule has 26 heavy (non-hydrogen) atoms. The molecule has 1 fully saturated rings. The lowest BCUT2D eigenvalue weighted by Crippen LogP contribution is -2.38. The highest BCUT2D eigenvalue weighted by Gasteiger charge is 2.30. The Bertz CT molecular complexity index is 895. The van der Waals surface area contributed by atoms with Crippen LogP contribution in [0.2, 0.25) is 0 Å². The van der Waals surface area contributed by atoms with Crippen LogP contribution in [0, 0.1) is 13.8 Å². The van der Waals surface area contributed by atoms with E-state index in [4.69, 9.17) is 0 Å². The Kier molecular flexibility index (Phi) is 4.32. The molecule has 1 aliphatic heterocycles. The molecule has 1 atom stereocenters. The topological polar surface area (TPSA) is 56.0 Å². The summed E-state index contributed by atoms with van der Waals surface area (Å²) in [5, 5.41) is 4.55. The van der Waals surface area contributed by atoms with Gasteiger partial charge in [-0.25, -0.2) is 4.98 Å². The molecule has 1 unspecified atom stereocenters. The molecule has 1 saturated heterocycles. The number of nitrogens with zero attached hydrogens (tertiary/aromatic N) is 5. The monoisotopic (exact) mass is 349 g/mol. The summed E-state index contributed by atoms with van der Waals surface area (Å²) >= 11 is 0. The van der Waals surface area contributed by atoms with Crippen LogP contribution < -0.4 is 0 Å². The quantitative estimate of drug-likeness (QED) is 0.728. The summed E-state index contributed by atoms with van der Waals surface area (Å²) in [6, 6.07) is 10.00. The van der Waals surface area contributed by atoms with E-state index in [1.807, 2.05) is 51.5 Å². The SMILES string of the molecule is Cc1cc(C)n(CC2CCCN2C(=O)c2ccc(-n3ccnc3)cc2)n1. The Morgan fingerprint density at radius 3 is 2.69 bits per heavy atom. The zero-order valence-electron chi connectivity index (χ0n) is 15.2. The highest BCUT2D eigenvalue weighted by molar-refractivity contribution is 5.94. The van der Waals surface area contributed by atoms with Gasteiger partial charge in [-0.3, -0.25) is 9.48 Å². The Morgan fingerprint density at radius 1 is 1.23 bits per heavy atom. The van der Waals surface area contributed by atoms with Gasteiger partial charge in [0.25, 0.3) is 5.91 Å². The van der Waals surface area contributed by atoms with E-state index in [0.29, 0.717) is 0 Å². The maximum absolute atomic E-state index is 13.0. The highest BCUT2D eigenvalue weighted by atomic mass is 16.2. The molecular formula is C20H23N5O. The van der Waals surface area contributed by atoms with Crippen molar-refractivity contribution in [3.8, 4) is 5.69 Å². The molecule has 1 amide bonds. The van der Waals surface area contributed by atoms with Crippen LogP contribution >= 0.6 is 0 Å². The normalized spacial score (nSPS) is 17.0. The number of likely N-dealkylation sites (tertiary alicyclic amines) is 1. The van der Waals surface area contributed by atoms with E-state index in [0.717, 1.165) is 48.6 Å². The van der Waals surface area contributed by atoms with Crippen LogP contribution in [0.5, 0.6) is 0 Å². The molecule has 0 bridgehead atoms. The first kappa shape index (κ1) is 16.6. The van der Waals surface area contributed by atoms with Gasteiger partial charge in [0.1, 0.15) is 0 Å². The molecule has 4 rings (SSSR count). The average molecular weight is 349 g/mol. The van der Waals surface area contributed by atoms with Gasteiger partial charge < -0.3 is 9.47 Å². The predicted molar refractivity (Wildman–Crippen MR) is 99.3 cm³/mol. The summed E-state index contributed by atoms with van der Waals surface area (Å²) in [7, 11) is 0. The molecule has 3 heterocycles. The van der Waals surface area contributed by atoms with Gasteiger partial charge in [0.15, 0.2) is 0 Å². The minimum atomic E-state index is 0.103. The lowest BCUT2D eigenvalue weighted by molar-refractivity contribution is 0.0721. The summed E-state index contributed by atoms with van der Waals surface area (Å²) in [6.45, 7) is 5.64. The molecule has 1 aliphatic rings. The third kappa shape index (κ3) is 3.14. The Morgan fingerprint density at radius 2 is 2.04 bits per heavy atom. The molecule has 0 saturated carbocycles. The maximum Gasteiger partial charge on any atom is 0.254 e. The van der Waals surface area contributed by atoms with Crippen molar-refractivity contribution >= 4 is 5.91 Å². The predicted octanol–water partition coefficient (Wildman–Crippen LogP) is 2.99. The number of aryl methyl sites for hydroxylation is 2. The maximum atomic E-state index is 13.0. The number of hydrogen-bond donors (Lipinski definition) is 0. The zero-order valence-corrected chi connectivity index (χ0v) is 15.2. The Labute approximate surface area is 153 Å². The summed E-state index contributed by atoms with van der Waals surface area (Å²) in [5.74, 6) is 0.103. The number of imidazole rings is 1. The van der Waals surface area contributed by atoms with Crippen LogP contribution in [0.3, 0.4) is 0 Å². The standard InChI is InChI=1S/C20H23N5O/c1-15-12-16(2)25(22-15)13-19-4-3-10-24(19)20(26)17-5-7-18(8-6-17)23-11-9-21-14-23/h5-9,11-12,14,19H,3-4,10,13H2,1-2H3. The summed E-state index contributed by atoms with van der Waals surface area (Å²) < 4.78 is 3.95. The highest BCUT2D eigenvalue weighted by Crippen LogP contribution is 2.22. The van der Waals surface area contributed by atoms with Crippen LogP contribution in [0.15, 0.2) is 49.1 Å². The Hall–Kier alpha value is -2.89. The van der Waals surface area contributed by atoms with Crippen LogP contribution in [0.1, 0.15) is 34.6 Å². The molecule has 2 aromatic heterocycles. The van der Waals surface area contributed by atoms with Gasteiger partial charge in [-0.2, -0.15) is 5.10 Å². The third-order valence-electron chi connectivity index (χ3n) is 5.04.